The number of aryl methyl sites for hydroxylation is 1. The van der Waals surface area contributed by atoms with E-state index in [4.69, 9.17) is 9.47 Å². The molecule has 0 radical (unpaired) electrons. The minimum Gasteiger partial charge on any atom is -0.496 e. The molecule has 1 unspecified atom stereocenters. The smallest absolute Gasteiger partial charge is 0.193 e. The summed E-state index contributed by atoms with van der Waals surface area (Å²) < 4.78 is 10.7. The maximum atomic E-state index is 5.44. The highest BCUT2D eigenvalue weighted by atomic mass is 16.5. The largest absolute Gasteiger partial charge is 0.496 e. The summed E-state index contributed by atoms with van der Waals surface area (Å²) in [5.74, 6) is 2.44. The maximum Gasteiger partial charge on any atom is 0.193 e. The van der Waals surface area contributed by atoms with Crippen LogP contribution in [0.25, 0.3) is 0 Å². The van der Waals surface area contributed by atoms with Gasteiger partial charge in [-0.2, -0.15) is 0 Å². The van der Waals surface area contributed by atoms with Crippen LogP contribution < -0.4 is 10.1 Å². The molecule has 1 fully saturated rings. The first-order valence-corrected chi connectivity index (χ1v) is 7.77. The Bertz CT molecular complexity index is 511. The van der Waals surface area contributed by atoms with Crippen LogP contribution in [0.5, 0.6) is 5.75 Å². The lowest BCUT2D eigenvalue weighted by Crippen LogP contribution is -2.41. The average Bonchev–Trinajstić information content (AvgIpc) is 3.01. The van der Waals surface area contributed by atoms with Crippen molar-refractivity contribution in [3.63, 3.8) is 0 Å². The Morgan fingerprint density at radius 2 is 2.32 bits per heavy atom. The third kappa shape index (κ3) is 4.37. The number of hydrogen-bond donors (Lipinski definition) is 1. The van der Waals surface area contributed by atoms with E-state index in [1.807, 2.05) is 13.1 Å². The number of nitrogens with one attached hydrogen (secondary N) is 1. The van der Waals surface area contributed by atoms with E-state index in [0.29, 0.717) is 5.92 Å². The second-order valence-corrected chi connectivity index (χ2v) is 5.81. The van der Waals surface area contributed by atoms with Gasteiger partial charge in [0.2, 0.25) is 0 Å². The summed E-state index contributed by atoms with van der Waals surface area (Å²) >= 11 is 0. The van der Waals surface area contributed by atoms with E-state index in [9.17, 15) is 0 Å². The third-order valence-corrected chi connectivity index (χ3v) is 4.04. The Labute approximate surface area is 133 Å². The Hall–Kier alpha value is -1.75. The van der Waals surface area contributed by atoms with Gasteiger partial charge >= 0.3 is 0 Å². The molecule has 0 saturated carbocycles. The Morgan fingerprint density at radius 3 is 2.91 bits per heavy atom. The van der Waals surface area contributed by atoms with Crippen molar-refractivity contribution in [2.45, 2.75) is 19.9 Å². The van der Waals surface area contributed by atoms with Crippen LogP contribution >= 0.6 is 0 Å². The van der Waals surface area contributed by atoms with Crippen LogP contribution in [0.2, 0.25) is 0 Å². The second kappa shape index (κ2) is 8.03. The molecule has 22 heavy (non-hydrogen) atoms. The Morgan fingerprint density at radius 1 is 1.50 bits per heavy atom. The summed E-state index contributed by atoms with van der Waals surface area (Å²) in [5, 5.41) is 3.42. The van der Waals surface area contributed by atoms with Gasteiger partial charge < -0.3 is 19.7 Å². The molecular formula is C17H27N3O2. The van der Waals surface area contributed by atoms with Crippen LogP contribution in [-0.4, -0.2) is 51.8 Å². The van der Waals surface area contributed by atoms with Crippen LogP contribution in [0.3, 0.4) is 0 Å². The van der Waals surface area contributed by atoms with Crippen LogP contribution in [0.1, 0.15) is 17.5 Å². The zero-order valence-corrected chi connectivity index (χ0v) is 14.1. The molecule has 1 atom stereocenters. The number of guanidine groups is 1. The SMILES string of the molecule is CN=C(NCc1ccc(OC)c(C)c1)N(C)CC1CCOC1. The van der Waals surface area contributed by atoms with Crippen molar-refractivity contribution in [2.75, 3.05) is 41.0 Å². The number of methoxy groups -OCH3 is 1. The molecule has 1 heterocycles. The summed E-state index contributed by atoms with van der Waals surface area (Å²) in [4.78, 5) is 6.54. The lowest BCUT2D eigenvalue weighted by Gasteiger charge is -2.24. The summed E-state index contributed by atoms with van der Waals surface area (Å²) in [6.07, 6.45) is 1.14. The normalized spacial score (nSPS) is 18.4. The van der Waals surface area contributed by atoms with Crippen molar-refractivity contribution in [3.05, 3.63) is 29.3 Å². The average molecular weight is 305 g/mol. The second-order valence-electron chi connectivity index (χ2n) is 5.81. The summed E-state index contributed by atoms with van der Waals surface area (Å²) in [7, 11) is 5.60. The molecule has 0 aliphatic carbocycles. The molecule has 0 bridgehead atoms. The van der Waals surface area contributed by atoms with Gasteiger partial charge in [-0.15, -0.1) is 0 Å². The molecular weight excluding hydrogens is 278 g/mol. The number of aliphatic imine (C=N–C) groups is 1. The minimum absolute atomic E-state index is 0.604. The van der Waals surface area contributed by atoms with Gasteiger partial charge in [0, 0.05) is 39.7 Å². The molecule has 2 rings (SSSR count). The number of rotatable bonds is 5. The van der Waals surface area contributed by atoms with Crippen molar-refractivity contribution in [1.29, 1.82) is 0 Å². The number of ether oxygens (including phenoxy) is 2. The monoisotopic (exact) mass is 305 g/mol. The molecule has 1 aliphatic rings. The standard InChI is InChI=1S/C17H27N3O2/c1-13-9-14(5-6-16(13)21-4)10-19-17(18-2)20(3)11-15-7-8-22-12-15/h5-6,9,15H,7-8,10-12H2,1-4H3,(H,18,19). The topological polar surface area (TPSA) is 46.1 Å². The fourth-order valence-corrected chi connectivity index (χ4v) is 2.82. The van der Waals surface area contributed by atoms with Crippen molar-refractivity contribution in [3.8, 4) is 5.75 Å². The molecule has 5 heteroatoms. The van der Waals surface area contributed by atoms with E-state index in [-0.39, 0.29) is 0 Å². The summed E-state index contributed by atoms with van der Waals surface area (Å²) in [6.45, 7) is 5.53. The van der Waals surface area contributed by atoms with E-state index in [0.717, 1.165) is 50.0 Å². The summed E-state index contributed by atoms with van der Waals surface area (Å²) in [6, 6.07) is 6.23. The first-order valence-electron chi connectivity index (χ1n) is 7.77. The highest BCUT2D eigenvalue weighted by molar-refractivity contribution is 5.79. The minimum atomic E-state index is 0.604. The highest BCUT2D eigenvalue weighted by Gasteiger charge is 2.18. The van der Waals surface area contributed by atoms with Crippen LogP contribution in [0, 0.1) is 12.8 Å². The van der Waals surface area contributed by atoms with Crippen LogP contribution in [0.15, 0.2) is 23.2 Å². The first kappa shape index (κ1) is 16.6. The zero-order chi connectivity index (χ0) is 15.9. The quantitative estimate of drug-likeness (QED) is 0.668. The van der Waals surface area contributed by atoms with Gasteiger partial charge in [-0.1, -0.05) is 12.1 Å². The molecule has 1 aliphatic heterocycles. The molecule has 0 aromatic heterocycles. The van der Waals surface area contributed by atoms with Crippen molar-refractivity contribution >= 4 is 5.96 Å². The van der Waals surface area contributed by atoms with E-state index < -0.39 is 0 Å². The predicted octanol–water partition coefficient (Wildman–Crippen LogP) is 2.05. The molecule has 1 aromatic carbocycles. The van der Waals surface area contributed by atoms with Gasteiger partial charge in [-0.25, -0.2) is 0 Å². The fraction of sp³-hybridized carbons (Fsp3) is 0.588. The van der Waals surface area contributed by atoms with Gasteiger partial charge in [-0.3, -0.25) is 4.99 Å². The lowest BCUT2D eigenvalue weighted by molar-refractivity contribution is 0.181. The maximum absolute atomic E-state index is 5.44. The first-order chi connectivity index (χ1) is 10.6. The predicted molar refractivity (Wildman–Crippen MR) is 89.5 cm³/mol. The Balaban J connectivity index is 1.88. The van der Waals surface area contributed by atoms with Gasteiger partial charge in [0.15, 0.2) is 5.96 Å². The molecule has 1 saturated heterocycles. The number of nitrogens with zero attached hydrogens (tertiary/aromatic N) is 2. The fourth-order valence-electron chi connectivity index (χ4n) is 2.82. The van der Waals surface area contributed by atoms with Crippen LogP contribution in [0.4, 0.5) is 0 Å². The molecule has 1 aromatic rings. The van der Waals surface area contributed by atoms with Crippen molar-refractivity contribution in [2.24, 2.45) is 10.9 Å². The van der Waals surface area contributed by atoms with E-state index in [1.165, 1.54) is 5.56 Å². The third-order valence-electron chi connectivity index (χ3n) is 4.04. The van der Waals surface area contributed by atoms with Gasteiger partial charge in [0.25, 0.3) is 0 Å². The molecule has 5 nitrogen and oxygen atoms in total. The molecule has 0 amide bonds. The Kier molecular flexibility index (Phi) is 6.07. The van der Waals surface area contributed by atoms with Gasteiger partial charge in [-0.05, 0) is 30.5 Å². The van der Waals surface area contributed by atoms with E-state index >= 15 is 0 Å². The highest BCUT2D eigenvalue weighted by Crippen LogP contribution is 2.18. The number of hydrogen-bond acceptors (Lipinski definition) is 3. The molecule has 1 N–H and O–H groups in total. The van der Waals surface area contributed by atoms with Crippen molar-refractivity contribution < 1.29 is 9.47 Å². The molecule has 0 spiro atoms. The summed E-state index contributed by atoms with van der Waals surface area (Å²) in [5.41, 5.74) is 2.37. The molecule has 122 valence electrons. The van der Waals surface area contributed by atoms with E-state index in [2.05, 4.69) is 41.3 Å². The van der Waals surface area contributed by atoms with Gasteiger partial charge in [0.05, 0.1) is 13.7 Å². The zero-order valence-electron chi connectivity index (χ0n) is 14.1. The lowest BCUT2D eigenvalue weighted by atomic mass is 10.1. The van der Waals surface area contributed by atoms with Gasteiger partial charge in [0.1, 0.15) is 5.75 Å². The van der Waals surface area contributed by atoms with Crippen LogP contribution in [-0.2, 0) is 11.3 Å². The van der Waals surface area contributed by atoms with E-state index in [1.54, 1.807) is 7.11 Å². The van der Waals surface area contributed by atoms with Crippen molar-refractivity contribution in [1.82, 2.24) is 10.2 Å². The number of benzene rings is 1.